The summed E-state index contributed by atoms with van der Waals surface area (Å²) in [6.07, 6.45) is -3.26. The van der Waals surface area contributed by atoms with Crippen LogP contribution < -0.4 is 10.00 Å². The first-order valence-electron chi connectivity index (χ1n) is 8.17. The Morgan fingerprint density at radius 3 is 2.86 bits per heavy atom. The molecule has 3 aromatic heterocycles. The second-order valence-corrected chi connectivity index (χ2v) is 7.49. The Morgan fingerprint density at radius 2 is 2.28 bits per heavy atom. The number of halogens is 3. The lowest BCUT2D eigenvalue weighted by molar-refractivity contribution is -0.759. The number of nitrogens with zero attached hydrogens (tertiary/aromatic N) is 4. The number of aromatic nitrogens is 3. The van der Waals surface area contributed by atoms with Gasteiger partial charge in [0, 0.05) is 0 Å². The van der Waals surface area contributed by atoms with Crippen molar-refractivity contribution in [1.82, 2.24) is 10.3 Å². The SMILES string of the molecule is CC[n+]1cc(NC(=O)CSc2nc(-c3cccs3)cc(C(F)(F)F)c2C#N)on1. The van der Waals surface area contributed by atoms with Crippen LogP contribution in [0.1, 0.15) is 18.1 Å². The Kier molecular flexibility index (Phi) is 6.19. The molecule has 7 nitrogen and oxygen atoms in total. The zero-order valence-electron chi connectivity index (χ0n) is 14.9. The van der Waals surface area contributed by atoms with Gasteiger partial charge in [-0.2, -0.15) is 18.4 Å². The van der Waals surface area contributed by atoms with Crippen molar-refractivity contribution in [3.05, 3.63) is 40.9 Å². The highest BCUT2D eigenvalue weighted by Gasteiger charge is 2.36. The van der Waals surface area contributed by atoms with E-state index in [0.717, 1.165) is 17.8 Å². The van der Waals surface area contributed by atoms with Crippen molar-refractivity contribution in [2.24, 2.45) is 0 Å². The summed E-state index contributed by atoms with van der Waals surface area (Å²) in [6, 6.07) is 5.74. The van der Waals surface area contributed by atoms with Gasteiger partial charge >= 0.3 is 12.1 Å². The molecule has 0 aliphatic heterocycles. The van der Waals surface area contributed by atoms with Gasteiger partial charge in [0.15, 0.2) is 6.54 Å². The number of thioether (sulfide) groups is 1. The number of hydrogen-bond acceptors (Lipinski definition) is 7. The maximum atomic E-state index is 13.5. The first kappa shape index (κ1) is 20.8. The molecule has 0 aliphatic rings. The Balaban J connectivity index is 1.86. The summed E-state index contributed by atoms with van der Waals surface area (Å²) < 4.78 is 46.8. The largest absolute Gasteiger partial charge is 0.417 e. The van der Waals surface area contributed by atoms with Crippen molar-refractivity contribution in [1.29, 1.82) is 5.26 Å². The first-order valence-corrected chi connectivity index (χ1v) is 10.0. The van der Waals surface area contributed by atoms with E-state index in [1.165, 1.54) is 22.2 Å². The number of amides is 1. The zero-order valence-corrected chi connectivity index (χ0v) is 16.5. The monoisotopic (exact) mass is 440 g/mol. The predicted molar refractivity (Wildman–Crippen MR) is 99.0 cm³/mol. The number of pyridine rings is 1. The van der Waals surface area contributed by atoms with Crippen LogP contribution in [0.2, 0.25) is 0 Å². The molecule has 0 radical (unpaired) electrons. The molecule has 1 N–H and O–H groups in total. The van der Waals surface area contributed by atoms with Gasteiger partial charge in [0.05, 0.1) is 27.5 Å². The average molecular weight is 440 g/mol. The van der Waals surface area contributed by atoms with E-state index in [0.29, 0.717) is 11.4 Å². The summed E-state index contributed by atoms with van der Waals surface area (Å²) in [5.74, 6) is -0.691. The van der Waals surface area contributed by atoms with Crippen molar-refractivity contribution in [2.75, 3.05) is 11.1 Å². The number of carbonyl (C=O) groups is 1. The molecule has 0 unspecified atom stereocenters. The molecule has 29 heavy (non-hydrogen) atoms. The van der Waals surface area contributed by atoms with E-state index >= 15 is 0 Å². The number of nitrogens with one attached hydrogen (secondary N) is 1. The fraction of sp³-hybridized carbons (Fsp3) is 0.235. The molecule has 3 heterocycles. The second kappa shape index (κ2) is 8.62. The molecular weight excluding hydrogens is 427 g/mol. The molecule has 0 spiro atoms. The fourth-order valence-electron chi connectivity index (χ4n) is 2.30. The normalized spacial score (nSPS) is 11.3. The quantitative estimate of drug-likeness (QED) is 0.464. The zero-order chi connectivity index (χ0) is 21.0. The van der Waals surface area contributed by atoms with Crippen LogP contribution in [-0.4, -0.2) is 21.9 Å². The molecule has 0 saturated heterocycles. The molecule has 3 rings (SSSR count). The Bertz CT molecular complexity index is 1060. The molecule has 0 aliphatic carbocycles. The molecule has 3 aromatic rings. The molecule has 150 valence electrons. The third kappa shape index (κ3) is 4.93. The summed E-state index contributed by atoms with van der Waals surface area (Å²) in [5, 5.41) is 16.9. The minimum Gasteiger partial charge on any atom is -0.288 e. The highest BCUT2D eigenvalue weighted by atomic mass is 32.2. The van der Waals surface area contributed by atoms with E-state index in [1.807, 2.05) is 6.92 Å². The van der Waals surface area contributed by atoms with Crippen LogP contribution in [0.15, 0.2) is 39.3 Å². The van der Waals surface area contributed by atoms with E-state index in [4.69, 9.17) is 4.52 Å². The van der Waals surface area contributed by atoms with E-state index in [2.05, 4.69) is 15.6 Å². The molecule has 0 saturated carbocycles. The first-order chi connectivity index (χ1) is 13.8. The van der Waals surface area contributed by atoms with Crippen LogP contribution >= 0.6 is 23.1 Å². The highest BCUT2D eigenvalue weighted by molar-refractivity contribution is 8.00. The number of aryl methyl sites for hydroxylation is 1. The second-order valence-electron chi connectivity index (χ2n) is 5.58. The standard InChI is InChI=1S/C17H12F3N5O2S2/c1-2-25-8-15(27-24-25)23-14(26)9-29-16-10(7-21)11(17(18,19)20)6-12(22-16)13-4-3-5-28-13/h3-6,8H,2,9H2,1H3/p+1. The molecule has 0 bridgehead atoms. The van der Waals surface area contributed by atoms with Gasteiger partial charge in [-0.1, -0.05) is 22.5 Å². The molecular formula is C17H13F3N5O2S2+. The summed E-state index contributed by atoms with van der Waals surface area (Å²) in [5.41, 5.74) is -1.60. The van der Waals surface area contributed by atoms with Crippen LogP contribution in [0.3, 0.4) is 0 Å². The number of thiophene rings is 1. The van der Waals surface area contributed by atoms with Gasteiger partial charge in [0.2, 0.25) is 11.2 Å². The summed E-state index contributed by atoms with van der Waals surface area (Å²) in [6.45, 7) is 2.37. The van der Waals surface area contributed by atoms with E-state index in [9.17, 15) is 23.2 Å². The van der Waals surface area contributed by atoms with Crippen molar-refractivity contribution < 1.29 is 27.2 Å². The van der Waals surface area contributed by atoms with Gasteiger partial charge in [-0.15, -0.1) is 11.3 Å². The van der Waals surface area contributed by atoms with Gasteiger partial charge in [-0.05, 0) is 24.4 Å². The number of anilines is 1. The molecule has 0 aromatic carbocycles. The average Bonchev–Trinajstić information content (AvgIpc) is 3.36. The molecule has 0 atom stereocenters. The smallest absolute Gasteiger partial charge is 0.288 e. The number of nitriles is 1. The van der Waals surface area contributed by atoms with Crippen molar-refractivity contribution in [3.8, 4) is 16.6 Å². The molecule has 1 amide bonds. The van der Waals surface area contributed by atoms with Gasteiger partial charge in [-0.25, -0.2) is 4.98 Å². The van der Waals surface area contributed by atoms with E-state index < -0.39 is 23.2 Å². The third-order valence-electron chi connectivity index (χ3n) is 3.61. The lowest BCUT2D eigenvalue weighted by Crippen LogP contribution is -2.32. The van der Waals surface area contributed by atoms with Crippen LogP contribution in [0, 0.1) is 11.3 Å². The molecule has 12 heteroatoms. The topological polar surface area (TPSA) is 95.7 Å². The van der Waals surface area contributed by atoms with Crippen molar-refractivity contribution >= 4 is 34.9 Å². The predicted octanol–water partition coefficient (Wildman–Crippen LogP) is 3.73. The Morgan fingerprint density at radius 1 is 1.48 bits per heavy atom. The Hall–Kier alpha value is -2.91. The number of carbonyl (C=O) groups excluding carboxylic acids is 1. The number of alkyl halides is 3. The van der Waals surface area contributed by atoms with Crippen LogP contribution in [0.5, 0.6) is 0 Å². The van der Waals surface area contributed by atoms with Crippen LogP contribution in [0.4, 0.5) is 19.1 Å². The van der Waals surface area contributed by atoms with Crippen molar-refractivity contribution in [3.63, 3.8) is 0 Å². The van der Waals surface area contributed by atoms with E-state index in [-0.39, 0.29) is 22.4 Å². The minimum absolute atomic E-state index is 0.0912. The van der Waals surface area contributed by atoms with Crippen LogP contribution in [0.25, 0.3) is 10.6 Å². The van der Waals surface area contributed by atoms with Crippen molar-refractivity contribution in [2.45, 2.75) is 24.7 Å². The lowest BCUT2D eigenvalue weighted by atomic mass is 10.1. The lowest BCUT2D eigenvalue weighted by Gasteiger charge is -2.13. The highest BCUT2D eigenvalue weighted by Crippen LogP contribution is 2.38. The Labute approximate surface area is 171 Å². The number of hydrogen-bond donors (Lipinski definition) is 1. The summed E-state index contributed by atoms with van der Waals surface area (Å²) in [7, 11) is 0. The minimum atomic E-state index is -4.73. The van der Waals surface area contributed by atoms with Gasteiger partial charge < -0.3 is 0 Å². The van der Waals surface area contributed by atoms with E-state index in [1.54, 1.807) is 23.6 Å². The van der Waals surface area contributed by atoms with Gasteiger partial charge in [-0.3, -0.25) is 14.6 Å². The summed E-state index contributed by atoms with van der Waals surface area (Å²) in [4.78, 5) is 16.8. The van der Waals surface area contributed by atoms with Crippen LogP contribution in [-0.2, 0) is 17.5 Å². The fourth-order valence-corrected chi connectivity index (χ4v) is 3.79. The number of rotatable bonds is 6. The maximum absolute atomic E-state index is 13.5. The van der Waals surface area contributed by atoms with Gasteiger partial charge in [0.25, 0.3) is 6.20 Å². The molecule has 0 fully saturated rings. The third-order valence-corrected chi connectivity index (χ3v) is 5.48. The van der Waals surface area contributed by atoms with Gasteiger partial charge in [0.1, 0.15) is 11.1 Å². The summed E-state index contributed by atoms with van der Waals surface area (Å²) >= 11 is 1.97. The maximum Gasteiger partial charge on any atom is 0.417 e.